The Labute approximate surface area is 206 Å². The normalized spacial score (nSPS) is 21.1. The number of fused-ring (bicyclic) bond motifs is 2. The molecule has 180 valence electrons. The Morgan fingerprint density at radius 1 is 1.09 bits per heavy atom. The highest BCUT2D eigenvalue weighted by Gasteiger charge is 2.39. The van der Waals surface area contributed by atoms with Crippen LogP contribution in [-0.2, 0) is 22.7 Å². The maximum absolute atomic E-state index is 12.9. The van der Waals surface area contributed by atoms with Gasteiger partial charge >= 0.3 is 0 Å². The zero-order valence-corrected chi connectivity index (χ0v) is 20.3. The van der Waals surface area contributed by atoms with Gasteiger partial charge in [-0.15, -0.1) is 11.3 Å². The zero-order chi connectivity index (χ0) is 24.1. The molecule has 0 saturated carbocycles. The van der Waals surface area contributed by atoms with Crippen LogP contribution >= 0.6 is 11.3 Å². The first-order chi connectivity index (χ1) is 17.0. The molecule has 3 aliphatic heterocycles. The molecular formula is C25H26N6O3S. The molecule has 0 aliphatic carbocycles. The van der Waals surface area contributed by atoms with Gasteiger partial charge in [-0.25, -0.2) is 9.97 Å². The molecule has 3 aliphatic rings. The molecule has 1 aromatic carbocycles. The van der Waals surface area contributed by atoms with Crippen molar-refractivity contribution in [3.8, 4) is 0 Å². The van der Waals surface area contributed by atoms with Crippen LogP contribution in [0.15, 0.2) is 30.6 Å². The molecule has 2 aromatic heterocycles. The number of nitrogens with one attached hydrogen (secondary N) is 1. The van der Waals surface area contributed by atoms with E-state index in [1.165, 1.54) is 4.88 Å². The predicted octanol–water partition coefficient (Wildman–Crippen LogP) is 2.08. The molecule has 0 bridgehead atoms. The quantitative estimate of drug-likeness (QED) is 0.559. The van der Waals surface area contributed by atoms with Gasteiger partial charge in [0.05, 0.1) is 5.39 Å². The van der Waals surface area contributed by atoms with Crippen LogP contribution in [0.5, 0.6) is 0 Å². The summed E-state index contributed by atoms with van der Waals surface area (Å²) in [6, 6.07) is 7.58. The number of hydrogen-bond donors (Lipinski definition) is 1. The van der Waals surface area contributed by atoms with E-state index < -0.39 is 6.04 Å². The van der Waals surface area contributed by atoms with Crippen LogP contribution in [0.2, 0.25) is 0 Å². The second-order valence-corrected chi connectivity index (χ2v) is 10.7. The third-order valence-corrected chi connectivity index (χ3v) is 8.06. The van der Waals surface area contributed by atoms with Gasteiger partial charge in [-0.1, -0.05) is 12.1 Å². The lowest BCUT2D eigenvalue weighted by molar-refractivity contribution is -0.136. The minimum atomic E-state index is -0.579. The number of benzene rings is 1. The summed E-state index contributed by atoms with van der Waals surface area (Å²) in [5, 5.41) is 3.49. The van der Waals surface area contributed by atoms with Gasteiger partial charge in [-0.05, 0) is 36.6 Å². The number of hydrogen-bond acceptors (Lipinski definition) is 8. The Balaban J connectivity index is 1.11. The van der Waals surface area contributed by atoms with E-state index in [1.807, 2.05) is 12.1 Å². The maximum Gasteiger partial charge on any atom is 0.255 e. The van der Waals surface area contributed by atoms with E-state index in [2.05, 4.69) is 44.1 Å². The molecule has 1 N–H and O–H groups in total. The van der Waals surface area contributed by atoms with Crippen LogP contribution in [0.25, 0.3) is 10.2 Å². The summed E-state index contributed by atoms with van der Waals surface area (Å²) in [5.74, 6) is 0.240. The summed E-state index contributed by atoms with van der Waals surface area (Å²) in [6.07, 6.45) is 2.30. The van der Waals surface area contributed by atoms with Gasteiger partial charge in [0.1, 0.15) is 23.0 Å². The Bertz CT molecular complexity index is 1350. The van der Waals surface area contributed by atoms with Gasteiger partial charge in [0.2, 0.25) is 11.8 Å². The van der Waals surface area contributed by atoms with E-state index in [-0.39, 0.29) is 24.1 Å². The molecule has 1 atom stereocenters. The fourth-order valence-electron chi connectivity index (χ4n) is 5.32. The van der Waals surface area contributed by atoms with Crippen molar-refractivity contribution in [1.29, 1.82) is 0 Å². The summed E-state index contributed by atoms with van der Waals surface area (Å²) >= 11 is 1.70. The number of piperazine rings is 1. The van der Waals surface area contributed by atoms with Crippen molar-refractivity contribution in [1.82, 2.24) is 25.1 Å². The standard InChI is InChI=1S/C25H26N6O3S/c1-15-10-19-22(26-14-27-24(19)35-15)30-8-6-29(7-9-30)12-16-2-3-18-17(11-16)13-31(25(18)34)20-4-5-21(32)28-23(20)33/h2-3,10-11,14,20H,4-9,12-13H2,1H3,(H,28,32,33). The second kappa shape index (κ2) is 8.69. The van der Waals surface area contributed by atoms with E-state index >= 15 is 0 Å². The Morgan fingerprint density at radius 2 is 1.91 bits per heavy atom. The average molecular weight is 491 g/mol. The van der Waals surface area contributed by atoms with Gasteiger partial charge in [-0.2, -0.15) is 0 Å². The Morgan fingerprint density at radius 3 is 2.71 bits per heavy atom. The number of nitrogens with zero attached hydrogens (tertiary/aromatic N) is 5. The lowest BCUT2D eigenvalue weighted by Crippen LogP contribution is -2.52. The fraction of sp³-hybridized carbons (Fsp3) is 0.400. The van der Waals surface area contributed by atoms with Crippen molar-refractivity contribution in [2.75, 3.05) is 31.1 Å². The Hall–Kier alpha value is -3.37. The SMILES string of the molecule is Cc1cc2c(N3CCN(Cc4ccc5c(c4)CN(C4CCC(=O)NC4=O)C5=O)CC3)ncnc2s1. The third-order valence-electron chi connectivity index (χ3n) is 7.10. The number of piperidine rings is 1. The van der Waals surface area contributed by atoms with Crippen LogP contribution < -0.4 is 10.2 Å². The number of carbonyl (C=O) groups is 3. The second-order valence-electron chi connectivity index (χ2n) is 9.43. The molecule has 1 unspecified atom stereocenters. The van der Waals surface area contributed by atoms with Gasteiger partial charge in [0.15, 0.2) is 0 Å². The minimum absolute atomic E-state index is 0.130. The van der Waals surface area contributed by atoms with Crippen molar-refractivity contribution in [3.05, 3.63) is 52.2 Å². The van der Waals surface area contributed by atoms with Crippen LogP contribution in [0.4, 0.5) is 5.82 Å². The summed E-state index contributed by atoms with van der Waals surface area (Å²) in [7, 11) is 0. The van der Waals surface area contributed by atoms with Crippen LogP contribution in [-0.4, -0.2) is 69.7 Å². The molecule has 3 amide bonds. The highest BCUT2D eigenvalue weighted by Crippen LogP contribution is 2.31. The zero-order valence-electron chi connectivity index (χ0n) is 19.5. The first-order valence-corrected chi connectivity index (χ1v) is 12.7. The topological polar surface area (TPSA) is 98.7 Å². The lowest BCUT2D eigenvalue weighted by Gasteiger charge is -2.35. The van der Waals surface area contributed by atoms with E-state index in [1.54, 1.807) is 22.6 Å². The number of imide groups is 1. The summed E-state index contributed by atoms with van der Waals surface area (Å²) in [4.78, 5) is 54.3. The predicted molar refractivity (Wildman–Crippen MR) is 132 cm³/mol. The molecule has 35 heavy (non-hydrogen) atoms. The smallest absolute Gasteiger partial charge is 0.255 e. The minimum Gasteiger partial charge on any atom is -0.353 e. The monoisotopic (exact) mass is 490 g/mol. The molecule has 0 radical (unpaired) electrons. The molecule has 6 rings (SSSR count). The number of anilines is 1. The first-order valence-electron chi connectivity index (χ1n) is 11.9. The molecule has 2 fully saturated rings. The number of aromatic nitrogens is 2. The van der Waals surface area contributed by atoms with Crippen molar-refractivity contribution in [3.63, 3.8) is 0 Å². The van der Waals surface area contributed by atoms with Gasteiger partial charge in [0.25, 0.3) is 5.91 Å². The van der Waals surface area contributed by atoms with Gasteiger partial charge < -0.3 is 9.80 Å². The summed E-state index contributed by atoms with van der Waals surface area (Å²) < 4.78 is 0. The van der Waals surface area contributed by atoms with Crippen LogP contribution in [0, 0.1) is 6.92 Å². The van der Waals surface area contributed by atoms with E-state index in [0.29, 0.717) is 18.5 Å². The third kappa shape index (κ3) is 4.06. The number of carbonyl (C=O) groups excluding carboxylic acids is 3. The molecule has 10 heteroatoms. The van der Waals surface area contributed by atoms with Crippen LogP contribution in [0.1, 0.15) is 39.2 Å². The maximum atomic E-state index is 12.9. The van der Waals surface area contributed by atoms with E-state index in [9.17, 15) is 14.4 Å². The lowest BCUT2D eigenvalue weighted by atomic mass is 10.0. The van der Waals surface area contributed by atoms with Gasteiger partial charge in [0, 0.05) is 56.1 Å². The van der Waals surface area contributed by atoms with Crippen molar-refractivity contribution >= 4 is 45.1 Å². The summed E-state index contributed by atoms with van der Waals surface area (Å²) in [6.45, 7) is 6.96. The van der Waals surface area contributed by atoms with E-state index in [4.69, 9.17) is 0 Å². The molecule has 3 aromatic rings. The summed E-state index contributed by atoms with van der Waals surface area (Å²) in [5.41, 5.74) is 2.77. The molecule has 2 saturated heterocycles. The largest absolute Gasteiger partial charge is 0.353 e. The molecule has 0 spiro atoms. The van der Waals surface area contributed by atoms with Crippen molar-refractivity contribution < 1.29 is 14.4 Å². The number of thiophene rings is 1. The highest BCUT2D eigenvalue weighted by atomic mass is 32.1. The molecular weight excluding hydrogens is 464 g/mol. The number of aryl methyl sites for hydroxylation is 1. The Kier molecular flexibility index (Phi) is 5.49. The van der Waals surface area contributed by atoms with Crippen molar-refractivity contribution in [2.24, 2.45) is 0 Å². The number of rotatable bonds is 4. The first kappa shape index (κ1) is 22.1. The molecule has 9 nitrogen and oxygen atoms in total. The van der Waals surface area contributed by atoms with Gasteiger partial charge in [-0.3, -0.25) is 24.6 Å². The molecule has 5 heterocycles. The van der Waals surface area contributed by atoms with Crippen LogP contribution in [0.3, 0.4) is 0 Å². The highest BCUT2D eigenvalue weighted by molar-refractivity contribution is 7.18. The number of amides is 3. The average Bonchev–Trinajstić information content (AvgIpc) is 3.38. The fourth-order valence-corrected chi connectivity index (χ4v) is 6.16. The van der Waals surface area contributed by atoms with Crippen molar-refractivity contribution in [2.45, 2.75) is 38.9 Å². The van der Waals surface area contributed by atoms with E-state index in [0.717, 1.165) is 59.9 Å².